The monoisotopic (exact) mass is 320 g/mol. The van der Waals surface area contributed by atoms with Crippen LogP contribution in [0.25, 0.3) is 11.0 Å². The quantitative estimate of drug-likeness (QED) is 0.753. The maximum Gasteiger partial charge on any atom is 0.343 e. The zero-order valence-corrected chi connectivity index (χ0v) is 13.3. The smallest absolute Gasteiger partial charge is 0.343 e. The summed E-state index contributed by atoms with van der Waals surface area (Å²) in [5.74, 6) is 0.0199. The fourth-order valence-corrected chi connectivity index (χ4v) is 3.49. The maximum absolute atomic E-state index is 12.3. The molecular formula is C20H18NO3. The Morgan fingerprint density at radius 2 is 2.00 bits per heavy atom. The van der Waals surface area contributed by atoms with Crippen LogP contribution in [-0.4, -0.2) is 18.2 Å². The van der Waals surface area contributed by atoms with Crippen LogP contribution in [0.15, 0.2) is 51.7 Å². The van der Waals surface area contributed by atoms with Crippen molar-refractivity contribution in [3.05, 3.63) is 76.5 Å². The first-order valence-corrected chi connectivity index (χ1v) is 8.07. The molecule has 0 fully saturated rings. The number of para-hydroxylation sites is 1. The summed E-state index contributed by atoms with van der Waals surface area (Å²) in [5, 5.41) is 11.1. The molecule has 4 rings (SSSR count). The highest BCUT2D eigenvalue weighted by atomic mass is 16.4. The first-order chi connectivity index (χ1) is 11.7. The van der Waals surface area contributed by atoms with Crippen LogP contribution in [0.5, 0.6) is 5.75 Å². The van der Waals surface area contributed by atoms with Crippen molar-refractivity contribution in [1.29, 1.82) is 0 Å². The normalized spacial score (nSPS) is 13.5. The summed E-state index contributed by atoms with van der Waals surface area (Å²) >= 11 is 0. The second-order valence-electron chi connectivity index (χ2n) is 6.04. The number of aromatic hydroxyl groups is 1. The lowest BCUT2D eigenvalue weighted by Crippen LogP contribution is -2.19. The third-order valence-corrected chi connectivity index (χ3v) is 4.73. The molecule has 4 nitrogen and oxygen atoms in total. The molecule has 1 aliphatic rings. The Hall–Kier alpha value is -2.75. The van der Waals surface area contributed by atoms with E-state index in [1.807, 2.05) is 18.2 Å². The second kappa shape index (κ2) is 5.71. The molecule has 1 N–H and O–H groups in total. The minimum Gasteiger partial charge on any atom is -0.507 e. The van der Waals surface area contributed by atoms with Crippen LogP contribution in [0.2, 0.25) is 0 Å². The number of benzene rings is 2. The van der Waals surface area contributed by atoms with Crippen molar-refractivity contribution in [3.63, 3.8) is 0 Å². The molecule has 1 aromatic heterocycles. The first-order valence-electron chi connectivity index (χ1n) is 8.07. The summed E-state index contributed by atoms with van der Waals surface area (Å²) in [4.78, 5) is 14.6. The van der Waals surface area contributed by atoms with Gasteiger partial charge < -0.3 is 14.4 Å². The molecule has 0 atom stereocenters. The summed E-state index contributed by atoms with van der Waals surface area (Å²) < 4.78 is 5.37. The highest BCUT2D eigenvalue weighted by Gasteiger charge is 2.22. The van der Waals surface area contributed by atoms with E-state index in [2.05, 4.69) is 17.9 Å². The molecule has 0 saturated heterocycles. The zero-order valence-electron chi connectivity index (χ0n) is 13.3. The van der Waals surface area contributed by atoms with E-state index < -0.39 is 5.63 Å². The van der Waals surface area contributed by atoms with Crippen LogP contribution >= 0.6 is 0 Å². The van der Waals surface area contributed by atoms with Crippen molar-refractivity contribution in [2.24, 2.45) is 0 Å². The largest absolute Gasteiger partial charge is 0.507 e. The van der Waals surface area contributed by atoms with Crippen molar-refractivity contribution in [3.8, 4) is 5.75 Å². The lowest BCUT2D eigenvalue weighted by molar-refractivity contribution is 0.458. The Balaban J connectivity index is 1.82. The Labute approximate surface area is 140 Å². The van der Waals surface area contributed by atoms with Crippen LogP contribution in [0.1, 0.15) is 16.7 Å². The standard InChI is InChI=1S/C20H18NO3/c1-2-21-11-10-14-13(6-5-8-17(14)21)12-16-19(22)15-7-3-4-9-18(15)24-20(16)23/h3-9,22H,1-2,10-12H2. The number of hydrogen-bond acceptors (Lipinski definition) is 4. The Bertz CT molecular complexity index is 974. The third-order valence-electron chi connectivity index (χ3n) is 4.73. The lowest BCUT2D eigenvalue weighted by Gasteiger charge is -2.17. The molecule has 4 heteroatoms. The molecule has 0 saturated carbocycles. The van der Waals surface area contributed by atoms with Crippen LogP contribution in [0.3, 0.4) is 0 Å². The molecule has 0 bridgehead atoms. The van der Waals surface area contributed by atoms with Gasteiger partial charge in [-0.2, -0.15) is 0 Å². The highest BCUT2D eigenvalue weighted by molar-refractivity contribution is 5.84. The molecule has 0 aliphatic carbocycles. The summed E-state index contributed by atoms with van der Waals surface area (Å²) in [5.41, 5.74) is 3.71. The van der Waals surface area contributed by atoms with E-state index in [-0.39, 0.29) is 5.75 Å². The summed E-state index contributed by atoms with van der Waals surface area (Å²) in [6.45, 7) is 5.62. The Kier molecular flexibility index (Phi) is 3.53. The van der Waals surface area contributed by atoms with Gasteiger partial charge in [-0.1, -0.05) is 24.3 Å². The summed E-state index contributed by atoms with van der Waals surface area (Å²) in [6, 6.07) is 13.1. The third kappa shape index (κ3) is 2.26. The van der Waals surface area contributed by atoms with Gasteiger partial charge >= 0.3 is 5.63 Å². The van der Waals surface area contributed by atoms with Gasteiger partial charge in [0.1, 0.15) is 11.3 Å². The van der Waals surface area contributed by atoms with Gasteiger partial charge in [-0.15, -0.1) is 0 Å². The maximum atomic E-state index is 12.3. The highest BCUT2D eigenvalue weighted by Crippen LogP contribution is 2.33. The van der Waals surface area contributed by atoms with E-state index in [0.29, 0.717) is 23.0 Å². The molecular weight excluding hydrogens is 302 g/mol. The molecule has 2 aromatic carbocycles. The molecule has 0 unspecified atom stereocenters. The van der Waals surface area contributed by atoms with Gasteiger partial charge in [-0.3, -0.25) is 0 Å². The van der Waals surface area contributed by atoms with Gasteiger partial charge in [-0.05, 0) is 42.7 Å². The Morgan fingerprint density at radius 3 is 2.83 bits per heavy atom. The van der Waals surface area contributed by atoms with Crippen LogP contribution in [0, 0.1) is 6.92 Å². The average molecular weight is 320 g/mol. The van der Waals surface area contributed by atoms with Crippen LogP contribution in [0.4, 0.5) is 5.69 Å². The number of fused-ring (bicyclic) bond motifs is 2. The van der Waals surface area contributed by atoms with E-state index in [9.17, 15) is 9.90 Å². The van der Waals surface area contributed by atoms with Crippen LogP contribution in [-0.2, 0) is 12.8 Å². The van der Waals surface area contributed by atoms with E-state index >= 15 is 0 Å². The molecule has 3 aromatic rings. The number of rotatable bonds is 3. The predicted molar refractivity (Wildman–Crippen MR) is 94.7 cm³/mol. The average Bonchev–Trinajstić information content (AvgIpc) is 3.02. The zero-order chi connectivity index (χ0) is 16.7. The molecule has 121 valence electrons. The van der Waals surface area contributed by atoms with E-state index in [1.54, 1.807) is 18.2 Å². The SMILES string of the molecule is [CH2]CN1CCc2c(Cc3c(O)c4ccccc4oc3=O)cccc21. The van der Waals surface area contributed by atoms with Crippen molar-refractivity contribution < 1.29 is 9.52 Å². The molecule has 24 heavy (non-hydrogen) atoms. The van der Waals surface area contributed by atoms with Gasteiger partial charge in [0.25, 0.3) is 0 Å². The first kappa shape index (κ1) is 14.8. The van der Waals surface area contributed by atoms with E-state index in [1.165, 1.54) is 11.3 Å². The molecule has 1 radical (unpaired) electrons. The fraction of sp³-hybridized carbons (Fsp3) is 0.200. The van der Waals surface area contributed by atoms with Gasteiger partial charge in [0, 0.05) is 25.2 Å². The van der Waals surface area contributed by atoms with E-state index in [0.717, 1.165) is 25.1 Å². The molecule has 2 heterocycles. The van der Waals surface area contributed by atoms with Gasteiger partial charge in [0.2, 0.25) is 0 Å². The molecule has 0 spiro atoms. The number of hydrogen-bond donors (Lipinski definition) is 1. The fourth-order valence-electron chi connectivity index (χ4n) is 3.49. The summed E-state index contributed by atoms with van der Waals surface area (Å²) in [7, 11) is 0. The molecule has 0 amide bonds. The van der Waals surface area contributed by atoms with Gasteiger partial charge in [-0.25, -0.2) is 4.79 Å². The van der Waals surface area contributed by atoms with E-state index in [4.69, 9.17) is 4.42 Å². The van der Waals surface area contributed by atoms with Gasteiger partial charge in [0.15, 0.2) is 0 Å². The number of anilines is 1. The van der Waals surface area contributed by atoms with Crippen LogP contribution < -0.4 is 10.5 Å². The lowest BCUT2D eigenvalue weighted by atomic mass is 9.97. The molecule has 1 aliphatic heterocycles. The van der Waals surface area contributed by atoms with Crippen molar-refractivity contribution in [1.82, 2.24) is 0 Å². The second-order valence-corrected chi connectivity index (χ2v) is 6.04. The summed E-state index contributed by atoms with van der Waals surface area (Å²) in [6.07, 6.45) is 1.30. The van der Waals surface area contributed by atoms with Crippen molar-refractivity contribution in [2.45, 2.75) is 12.8 Å². The van der Waals surface area contributed by atoms with Crippen molar-refractivity contribution >= 4 is 16.7 Å². The Morgan fingerprint density at radius 1 is 1.17 bits per heavy atom. The number of nitrogens with zero attached hydrogens (tertiary/aromatic N) is 1. The topological polar surface area (TPSA) is 53.7 Å². The van der Waals surface area contributed by atoms with Gasteiger partial charge in [0.05, 0.1) is 10.9 Å². The van der Waals surface area contributed by atoms with Crippen molar-refractivity contribution in [2.75, 3.05) is 18.0 Å². The predicted octanol–water partition coefficient (Wildman–Crippen LogP) is 3.29. The minimum absolute atomic E-state index is 0.0199. The minimum atomic E-state index is -0.476.